The molecule has 1 atom stereocenters. The van der Waals surface area contributed by atoms with Gasteiger partial charge in [-0.25, -0.2) is 0 Å². The molecule has 0 unspecified atom stereocenters. The second kappa shape index (κ2) is 6.96. The smallest absolute Gasteiger partial charge is 0.480 e. The standard InChI is InChI=1S/C13H14F3NO4/c1-8(12(19)20)17-11(18)7-6-9-4-2-3-5-10(9)21-13(14,15)16/h2-5,8H,6-7H2,1H3,(H,17,18)(H,19,20)/t8-/m1/s1. The van der Waals surface area contributed by atoms with E-state index < -0.39 is 24.3 Å². The number of rotatable bonds is 6. The van der Waals surface area contributed by atoms with E-state index in [-0.39, 0.29) is 24.2 Å². The molecule has 5 nitrogen and oxygen atoms in total. The average Bonchev–Trinajstić information content (AvgIpc) is 2.35. The van der Waals surface area contributed by atoms with Crippen LogP contribution >= 0.6 is 0 Å². The van der Waals surface area contributed by atoms with Crippen molar-refractivity contribution >= 4 is 11.9 Å². The molecule has 2 N–H and O–H groups in total. The minimum atomic E-state index is -4.81. The Labute approximate surface area is 118 Å². The first-order chi connectivity index (χ1) is 9.69. The lowest BCUT2D eigenvalue weighted by Gasteiger charge is -2.13. The molecule has 1 aromatic rings. The maximum Gasteiger partial charge on any atom is 0.573 e. The zero-order valence-corrected chi connectivity index (χ0v) is 11.1. The highest BCUT2D eigenvalue weighted by Crippen LogP contribution is 2.26. The third-order valence-corrected chi connectivity index (χ3v) is 2.57. The van der Waals surface area contributed by atoms with Crippen LogP contribution in [0.25, 0.3) is 0 Å². The van der Waals surface area contributed by atoms with Crippen molar-refractivity contribution in [3.8, 4) is 5.75 Å². The molecule has 8 heteroatoms. The number of carboxylic acids is 1. The summed E-state index contributed by atoms with van der Waals surface area (Å²) in [5.74, 6) is -2.13. The molecule has 0 aliphatic rings. The van der Waals surface area contributed by atoms with Crippen molar-refractivity contribution in [1.29, 1.82) is 0 Å². The number of aryl methyl sites for hydroxylation is 1. The summed E-state index contributed by atoms with van der Waals surface area (Å²) in [5, 5.41) is 10.8. The molecule has 1 rings (SSSR count). The van der Waals surface area contributed by atoms with Crippen molar-refractivity contribution in [1.82, 2.24) is 5.32 Å². The van der Waals surface area contributed by atoms with Crippen LogP contribution in [0.5, 0.6) is 5.75 Å². The van der Waals surface area contributed by atoms with Crippen LogP contribution in [-0.4, -0.2) is 29.4 Å². The van der Waals surface area contributed by atoms with Crippen LogP contribution in [-0.2, 0) is 16.0 Å². The lowest BCUT2D eigenvalue weighted by molar-refractivity contribution is -0.274. The number of hydrogen-bond donors (Lipinski definition) is 2. The zero-order valence-electron chi connectivity index (χ0n) is 11.1. The normalized spacial score (nSPS) is 12.6. The van der Waals surface area contributed by atoms with Crippen LogP contribution in [0.2, 0.25) is 0 Å². The number of amides is 1. The molecule has 0 bridgehead atoms. The van der Waals surface area contributed by atoms with Gasteiger partial charge in [-0.2, -0.15) is 0 Å². The van der Waals surface area contributed by atoms with E-state index >= 15 is 0 Å². The molecule has 0 spiro atoms. The summed E-state index contributed by atoms with van der Waals surface area (Å²) in [4.78, 5) is 22.1. The Morgan fingerprint density at radius 2 is 1.95 bits per heavy atom. The number of hydrogen-bond acceptors (Lipinski definition) is 3. The maximum absolute atomic E-state index is 12.2. The summed E-state index contributed by atoms with van der Waals surface area (Å²) in [7, 11) is 0. The summed E-state index contributed by atoms with van der Waals surface area (Å²) >= 11 is 0. The van der Waals surface area contributed by atoms with Gasteiger partial charge in [0.05, 0.1) is 0 Å². The van der Waals surface area contributed by atoms with Crippen molar-refractivity contribution in [2.24, 2.45) is 0 Å². The molecule has 0 heterocycles. The second-order valence-corrected chi connectivity index (χ2v) is 4.28. The molecule has 21 heavy (non-hydrogen) atoms. The van der Waals surface area contributed by atoms with Gasteiger partial charge >= 0.3 is 12.3 Å². The summed E-state index contributed by atoms with van der Waals surface area (Å²) in [6, 6.07) is 4.42. The van der Waals surface area contributed by atoms with Gasteiger partial charge in [-0.3, -0.25) is 9.59 Å². The Morgan fingerprint density at radius 1 is 1.33 bits per heavy atom. The number of halogens is 3. The molecule has 0 fully saturated rings. The van der Waals surface area contributed by atoms with E-state index in [1.165, 1.54) is 25.1 Å². The number of carboxylic acid groups (broad SMARTS) is 1. The van der Waals surface area contributed by atoms with E-state index in [0.717, 1.165) is 6.07 Å². The van der Waals surface area contributed by atoms with E-state index in [2.05, 4.69) is 10.1 Å². The first-order valence-electron chi connectivity index (χ1n) is 6.05. The first-order valence-corrected chi connectivity index (χ1v) is 6.05. The van der Waals surface area contributed by atoms with Crippen molar-refractivity contribution in [2.45, 2.75) is 32.2 Å². The number of ether oxygens (including phenoxy) is 1. The highest BCUT2D eigenvalue weighted by atomic mass is 19.4. The van der Waals surface area contributed by atoms with E-state index in [9.17, 15) is 22.8 Å². The van der Waals surface area contributed by atoms with E-state index in [1.54, 1.807) is 0 Å². The van der Waals surface area contributed by atoms with Gasteiger partial charge in [-0.15, -0.1) is 13.2 Å². The van der Waals surface area contributed by atoms with Gasteiger partial charge in [0.2, 0.25) is 5.91 Å². The SMILES string of the molecule is C[C@@H](NC(=O)CCc1ccccc1OC(F)(F)F)C(=O)O. The molecule has 1 amide bonds. The van der Waals surface area contributed by atoms with Crippen molar-refractivity contribution in [3.63, 3.8) is 0 Å². The van der Waals surface area contributed by atoms with Crippen molar-refractivity contribution in [2.75, 3.05) is 0 Å². The molecule has 0 aromatic heterocycles. The van der Waals surface area contributed by atoms with Gasteiger partial charge in [0, 0.05) is 6.42 Å². The fraction of sp³-hybridized carbons (Fsp3) is 0.385. The lowest BCUT2D eigenvalue weighted by atomic mass is 10.1. The molecule has 0 aliphatic heterocycles. The highest BCUT2D eigenvalue weighted by Gasteiger charge is 2.32. The number of para-hydroxylation sites is 1. The van der Waals surface area contributed by atoms with Crippen LogP contribution in [0.3, 0.4) is 0 Å². The van der Waals surface area contributed by atoms with E-state index in [4.69, 9.17) is 5.11 Å². The topological polar surface area (TPSA) is 75.6 Å². The fourth-order valence-corrected chi connectivity index (χ4v) is 1.56. The third kappa shape index (κ3) is 6.15. The zero-order chi connectivity index (χ0) is 16.0. The molecule has 0 saturated heterocycles. The molecular formula is C13H14F3NO4. The van der Waals surface area contributed by atoms with Crippen molar-refractivity contribution < 1.29 is 32.6 Å². The largest absolute Gasteiger partial charge is 0.573 e. The van der Waals surface area contributed by atoms with Gasteiger partial charge < -0.3 is 15.2 Å². The van der Waals surface area contributed by atoms with Gasteiger partial charge in [0.1, 0.15) is 11.8 Å². The average molecular weight is 305 g/mol. The van der Waals surface area contributed by atoms with E-state index in [1.807, 2.05) is 0 Å². The molecule has 0 radical (unpaired) electrons. The first kappa shape index (κ1) is 16.8. The lowest BCUT2D eigenvalue weighted by Crippen LogP contribution is -2.38. The van der Waals surface area contributed by atoms with Gasteiger partial charge in [0.15, 0.2) is 0 Å². The monoisotopic (exact) mass is 305 g/mol. The fourth-order valence-electron chi connectivity index (χ4n) is 1.56. The Balaban J connectivity index is 2.63. The summed E-state index contributed by atoms with van der Waals surface area (Å²) in [6.07, 6.45) is -4.95. The Hall–Kier alpha value is -2.25. The van der Waals surface area contributed by atoms with E-state index in [0.29, 0.717) is 0 Å². The third-order valence-electron chi connectivity index (χ3n) is 2.57. The summed E-state index contributed by atoms with van der Waals surface area (Å²) < 4.78 is 40.5. The molecule has 0 aliphatic carbocycles. The summed E-state index contributed by atoms with van der Waals surface area (Å²) in [6.45, 7) is 1.29. The molecule has 116 valence electrons. The minimum absolute atomic E-state index is 0.00439. The quantitative estimate of drug-likeness (QED) is 0.844. The minimum Gasteiger partial charge on any atom is -0.480 e. The predicted octanol–water partition coefficient (Wildman–Crippen LogP) is 2.11. The molecule has 1 aromatic carbocycles. The second-order valence-electron chi connectivity index (χ2n) is 4.28. The number of nitrogens with one attached hydrogen (secondary N) is 1. The van der Waals surface area contributed by atoms with Crippen LogP contribution in [0.15, 0.2) is 24.3 Å². The van der Waals surface area contributed by atoms with Gasteiger partial charge in [-0.05, 0) is 25.0 Å². The number of carbonyl (C=O) groups is 2. The number of alkyl halides is 3. The summed E-state index contributed by atoms with van der Waals surface area (Å²) in [5.41, 5.74) is 0.216. The number of benzene rings is 1. The Morgan fingerprint density at radius 3 is 2.52 bits per heavy atom. The van der Waals surface area contributed by atoms with Crippen LogP contribution in [0, 0.1) is 0 Å². The number of carbonyl (C=O) groups excluding carboxylic acids is 1. The maximum atomic E-state index is 12.2. The number of aliphatic carboxylic acids is 1. The Kier molecular flexibility index (Phi) is 5.57. The highest BCUT2D eigenvalue weighted by molar-refractivity contribution is 5.83. The van der Waals surface area contributed by atoms with Crippen molar-refractivity contribution in [3.05, 3.63) is 29.8 Å². The van der Waals surface area contributed by atoms with Crippen LogP contribution in [0.4, 0.5) is 13.2 Å². The van der Waals surface area contributed by atoms with Crippen LogP contribution in [0.1, 0.15) is 18.9 Å². The molecule has 0 saturated carbocycles. The Bertz CT molecular complexity index is 516. The predicted molar refractivity (Wildman–Crippen MR) is 66.7 cm³/mol. The van der Waals surface area contributed by atoms with Crippen LogP contribution < -0.4 is 10.1 Å². The van der Waals surface area contributed by atoms with Gasteiger partial charge in [0.25, 0.3) is 0 Å². The molecular weight excluding hydrogens is 291 g/mol. The van der Waals surface area contributed by atoms with Gasteiger partial charge in [-0.1, -0.05) is 18.2 Å².